The summed E-state index contributed by atoms with van der Waals surface area (Å²) < 4.78 is 5.08. The molecule has 2 aromatic rings. The standard InChI is InChI=1S/C21H27N3O3/c1-5-27-21(26)18-14(3)19(22-15(18)4)20(25)23-16-6-8-17(9-7-16)24-11-10-13(2)12-24/h6-9,13,22H,5,10-12H2,1-4H3,(H,23,25). The van der Waals surface area contributed by atoms with Crippen molar-refractivity contribution >= 4 is 23.3 Å². The molecule has 0 radical (unpaired) electrons. The van der Waals surface area contributed by atoms with E-state index in [-0.39, 0.29) is 5.91 Å². The van der Waals surface area contributed by atoms with Gasteiger partial charge in [0.05, 0.1) is 12.2 Å². The second-order valence-corrected chi connectivity index (χ2v) is 7.19. The number of carbonyl (C=O) groups excluding carboxylic acids is 2. The van der Waals surface area contributed by atoms with Crippen LogP contribution in [0.15, 0.2) is 24.3 Å². The van der Waals surface area contributed by atoms with Crippen molar-refractivity contribution in [2.75, 3.05) is 29.9 Å². The molecule has 1 amide bonds. The van der Waals surface area contributed by atoms with Crippen molar-refractivity contribution in [1.29, 1.82) is 0 Å². The average Bonchev–Trinajstić information content (AvgIpc) is 3.19. The molecule has 0 saturated carbocycles. The van der Waals surface area contributed by atoms with Gasteiger partial charge in [-0.3, -0.25) is 4.79 Å². The molecule has 144 valence electrons. The molecule has 2 heterocycles. The van der Waals surface area contributed by atoms with Crippen LogP contribution in [0.3, 0.4) is 0 Å². The molecule has 1 aromatic heterocycles. The van der Waals surface area contributed by atoms with Crippen LogP contribution in [-0.4, -0.2) is 36.6 Å². The Hall–Kier alpha value is -2.76. The van der Waals surface area contributed by atoms with Gasteiger partial charge in [0, 0.05) is 30.2 Å². The highest BCUT2D eigenvalue weighted by molar-refractivity contribution is 6.06. The molecule has 1 fully saturated rings. The number of hydrogen-bond acceptors (Lipinski definition) is 4. The number of H-pyrrole nitrogens is 1. The Balaban J connectivity index is 1.72. The zero-order valence-electron chi connectivity index (χ0n) is 16.4. The number of aromatic amines is 1. The maximum Gasteiger partial charge on any atom is 0.340 e. The summed E-state index contributed by atoms with van der Waals surface area (Å²) in [7, 11) is 0. The van der Waals surface area contributed by atoms with Gasteiger partial charge in [-0.05, 0) is 62.9 Å². The Bertz CT molecular complexity index is 839. The van der Waals surface area contributed by atoms with Crippen molar-refractivity contribution in [3.8, 4) is 0 Å². The van der Waals surface area contributed by atoms with Gasteiger partial charge >= 0.3 is 5.97 Å². The molecule has 2 N–H and O–H groups in total. The summed E-state index contributed by atoms with van der Waals surface area (Å²) in [5, 5.41) is 2.90. The average molecular weight is 369 g/mol. The van der Waals surface area contributed by atoms with Gasteiger partial charge in [-0.15, -0.1) is 0 Å². The number of aryl methyl sites for hydroxylation is 1. The molecule has 6 nitrogen and oxygen atoms in total. The Labute approximate surface area is 159 Å². The van der Waals surface area contributed by atoms with Crippen LogP contribution in [0.4, 0.5) is 11.4 Å². The number of ether oxygens (including phenoxy) is 1. The third-order valence-corrected chi connectivity index (χ3v) is 5.06. The van der Waals surface area contributed by atoms with Crippen LogP contribution in [-0.2, 0) is 4.74 Å². The van der Waals surface area contributed by atoms with Crippen molar-refractivity contribution in [2.45, 2.75) is 34.1 Å². The van der Waals surface area contributed by atoms with Gasteiger partial charge in [0.25, 0.3) is 5.91 Å². The third kappa shape index (κ3) is 3.99. The number of amides is 1. The molecule has 0 aliphatic carbocycles. The first-order valence-electron chi connectivity index (χ1n) is 9.43. The molecule has 0 bridgehead atoms. The zero-order valence-corrected chi connectivity index (χ0v) is 16.4. The number of benzene rings is 1. The minimum absolute atomic E-state index is 0.270. The highest BCUT2D eigenvalue weighted by atomic mass is 16.5. The number of hydrogen-bond donors (Lipinski definition) is 2. The third-order valence-electron chi connectivity index (χ3n) is 5.06. The summed E-state index contributed by atoms with van der Waals surface area (Å²) in [6.45, 7) is 9.99. The lowest BCUT2D eigenvalue weighted by Gasteiger charge is -2.18. The van der Waals surface area contributed by atoms with Gasteiger partial charge in [0.1, 0.15) is 5.69 Å². The van der Waals surface area contributed by atoms with E-state index in [1.165, 1.54) is 12.1 Å². The van der Waals surface area contributed by atoms with E-state index in [0.717, 1.165) is 24.7 Å². The van der Waals surface area contributed by atoms with Crippen molar-refractivity contribution in [3.05, 3.63) is 46.8 Å². The van der Waals surface area contributed by atoms with Crippen LogP contribution in [0.2, 0.25) is 0 Å². The molecule has 1 aliphatic rings. The zero-order chi connectivity index (χ0) is 19.6. The lowest BCUT2D eigenvalue weighted by Crippen LogP contribution is -2.19. The maximum atomic E-state index is 12.7. The predicted molar refractivity (Wildman–Crippen MR) is 107 cm³/mol. The Morgan fingerprint density at radius 2 is 1.96 bits per heavy atom. The normalized spacial score (nSPS) is 16.4. The highest BCUT2D eigenvalue weighted by Crippen LogP contribution is 2.25. The molecular formula is C21H27N3O3. The first-order valence-corrected chi connectivity index (χ1v) is 9.43. The summed E-state index contributed by atoms with van der Waals surface area (Å²) in [5.41, 5.74) is 3.95. The molecule has 1 atom stereocenters. The highest BCUT2D eigenvalue weighted by Gasteiger charge is 2.23. The monoisotopic (exact) mass is 369 g/mol. The largest absolute Gasteiger partial charge is 0.462 e. The number of rotatable bonds is 5. The molecule has 6 heteroatoms. The second kappa shape index (κ2) is 7.86. The minimum Gasteiger partial charge on any atom is -0.462 e. The van der Waals surface area contributed by atoms with Crippen molar-refractivity contribution in [2.24, 2.45) is 5.92 Å². The van der Waals surface area contributed by atoms with E-state index in [0.29, 0.717) is 29.1 Å². The first-order chi connectivity index (χ1) is 12.9. The van der Waals surface area contributed by atoms with Crippen LogP contribution < -0.4 is 10.2 Å². The van der Waals surface area contributed by atoms with Gasteiger partial charge < -0.3 is 19.9 Å². The lowest BCUT2D eigenvalue weighted by molar-refractivity contribution is 0.0525. The first kappa shape index (κ1) is 19.0. The fraction of sp³-hybridized carbons (Fsp3) is 0.429. The molecule has 27 heavy (non-hydrogen) atoms. The topological polar surface area (TPSA) is 74.4 Å². The summed E-state index contributed by atoms with van der Waals surface area (Å²) >= 11 is 0. The van der Waals surface area contributed by atoms with E-state index in [1.54, 1.807) is 20.8 Å². The molecule has 1 unspecified atom stereocenters. The molecule has 1 aliphatic heterocycles. The van der Waals surface area contributed by atoms with E-state index in [2.05, 4.69) is 22.1 Å². The van der Waals surface area contributed by atoms with Gasteiger partial charge in [0.15, 0.2) is 0 Å². The maximum absolute atomic E-state index is 12.7. The van der Waals surface area contributed by atoms with Crippen LogP contribution in [0.5, 0.6) is 0 Å². The Kier molecular flexibility index (Phi) is 5.54. The van der Waals surface area contributed by atoms with E-state index in [4.69, 9.17) is 4.74 Å². The molecule has 3 rings (SSSR count). The minimum atomic E-state index is -0.410. The number of nitrogens with zero attached hydrogens (tertiary/aromatic N) is 1. The number of esters is 1. The molecular weight excluding hydrogens is 342 g/mol. The second-order valence-electron chi connectivity index (χ2n) is 7.19. The Morgan fingerprint density at radius 3 is 2.56 bits per heavy atom. The number of carbonyl (C=O) groups is 2. The van der Waals surface area contributed by atoms with Gasteiger partial charge in [-0.2, -0.15) is 0 Å². The van der Waals surface area contributed by atoms with Gasteiger partial charge in [0.2, 0.25) is 0 Å². The lowest BCUT2D eigenvalue weighted by atomic mass is 10.1. The van der Waals surface area contributed by atoms with Crippen LogP contribution in [0.1, 0.15) is 52.4 Å². The SMILES string of the molecule is CCOC(=O)c1c(C)[nH]c(C(=O)Nc2ccc(N3CCC(C)C3)cc2)c1C. The van der Waals surface area contributed by atoms with Crippen LogP contribution >= 0.6 is 0 Å². The van der Waals surface area contributed by atoms with Gasteiger partial charge in [-0.25, -0.2) is 4.79 Å². The smallest absolute Gasteiger partial charge is 0.340 e. The number of nitrogens with one attached hydrogen (secondary N) is 2. The van der Waals surface area contributed by atoms with Gasteiger partial charge in [-0.1, -0.05) is 6.92 Å². The van der Waals surface area contributed by atoms with Crippen molar-refractivity contribution in [1.82, 2.24) is 4.98 Å². The fourth-order valence-corrected chi connectivity index (χ4v) is 3.61. The summed E-state index contributed by atoms with van der Waals surface area (Å²) in [6.07, 6.45) is 1.22. The van der Waals surface area contributed by atoms with Crippen LogP contribution in [0.25, 0.3) is 0 Å². The van der Waals surface area contributed by atoms with E-state index < -0.39 is 5.97 Å². The van der Waals surface area contributed by atoms with Crippen molar-refractivity contribution < 1.29 is 14.3 Å². The molecule has 0 spiro atoms. The molecule has 1 aromatic carbocycles. The van der Waals surface area contributed by atoms with E-state index >= 15 is 0 Å². The molecule has 1 saturated heterocycles. The Morgan fingerprint density at radius 1 is 1.26 bits per heavy atom. The van der Waals surface area contributed by atoms with E-state index in [1.807, 2.05) is 24.3 Å². The fourth-order valence-electron chi connectivity index (χ4n) is 3.61. The number of aromatic nitrogens is 1. The van der Waals surface area contributed by atoms with E-state index in [9.17, 15) is 9.59 Å². The summed E-state index contributed by atoms with van der Waals surface area (Å²) in [4.78, 5) is 30.1. The number of anilines is 2. The summed E-state index contributed by atoms with van der Waals surface area (Å²) in [6, 6.07) is 7.89. The summed E-state index contributed by atoms with van der Waals surface area (Å²) in [5.74, 6) is 0.0396. The van der Waals surface area contributed by atoms with Crippen LogP contribution in [0, 0.1) is 19.8 Å². The predicted octanol–water partition coefficient (Wildman–Crippen LogP) is 3.91. The van der Waals surface area contributed by atoms with Crippen molar-refractivity contribution in [3.63, 3.8) is 0 Å². The quantitative estimate of drug-likeness (QED) is 0.784.